The Morgan fingerprint density at radius 3 is 2.39 bits per heavy atom. The van der Waals surface area contributed by atoms with Crippen LogP contribution in [0.4, 0.5) is 10.5 Å². The molecule has 0 fully saturated rings. The normalized spacial score (nSPS) is 11.1. The molecule has 2 rings (SSSR count). The summed E-state index contributed by atoms with van der Waals surface area (Å²) in [6.07, 6.45) is -0.649. The molecule has 1 amide bonds. The largest absolute Gasteiger partial charge is 0.497 e. The summed E-state index contributed by atoms with van der Waals surface area (Å²) < 4.78 is 10.4. The van der Waals surface area contributed by atoms with Crippen molar-refractivity contribution in [1.29, 1.82) is 0 Å². The molecule has 0 aliphatic carbocycles. The number of anilines is 1. The Morgan fingerprint density at radius 2 is 1.83 bits per heavy atom. The lowest BCUT2D eigenvalue weighted by atomic mass is 10.0. The maximum Gasteiger partial charge on any atom is 0.412 e. The van der Waals surface area contributed by atoms with Crippen molar-refractivity contribution in [3.05, 3.63) is 35.9 Å². The van der Waals surface area contributed by atoms with Gasteiger partial charge in [-0.15, -0.1) is 0 Å². The van der Waals surface area contributed by atoms with E-state index in [1.165, 1.54) is 19.2 Å². The molecule has 23 heavy (non-hydrogen) atoms. The number of methoxy groups -OCH3 is 1. The van der Waals surface area contributed by atoms with Crippen LogP contribution in [-0.4, -0.2) is 29.9 Å². The third-order valence-corrected chi connectivity index (χ3v) is 3.04. The van der Waals surface area contributed by atoms with Gasteiger partial charge in [-0.05, 0) is 50.4 Å². The number of hydrogen-bond acceptors (Lipinski definition) is 4. The Hall–Kier alpha value is -2.76. The monoisotopic (exact) mass is 317 g/mol. The van der Waals surface area contributed by atoms with Gasteiger partial charge in [0.25, 0.3) is 0 Å². The second-order valence-electron chi connectivity index (χ2n) is 6.04. The van der Waals surface area contributed by atoms with Crippen LogP contribution in [0.25, 0.3) is 10.8 Å². The van der Waals surface area contributed by atoms with Crippen molar-refractivity contribution in [1.82, 2.24) is 0 Å². The van der Waals surface area contributed by atoms with E-state index in [2.05, 4.69) is 5.32 Å². The molecule has 2 aromatic rings. The fourth-order valence-corrected chi connectivity index (χ4v) is 2.10. The number of ether oxygens (including phenoxy) is 2. The molecule has 6 heteroatoms. The Morgan fingerprint density at radius 1 is 1.13 bits per heavy atom. The molecule has 2 N–H and O–H groups in total. The number of carbonyl (C=O) groups is 2. The topological polar surface area (TPSA) is 84.9 Å². The van der Waals surface area contributed by atoms with E-state index in [0.29, 0.717) is 22.2 Å². The molecule has 0 bridgehead atoms. The van der Waals surface area contributed by atoms with Crippen LogP contribution in [0.3, 0.4) is 0 Å². The predicted octanol–water partition coefficient (Wildman–Crippen LogP) is 3.89. The van der Waals surface area contributed by atoms with Crippen molar-refractivity contribution in [3.63, 3.8) is 0 Å². The van der Waals surface area contributed by atoms with E-state index in [1.807, 2.05) is 0 Å². The van der Waals surface area contributed by atoms with Crippen LogP contribution in [0.2, 0.25) is 0 Å². The number of carboxylic acid groups (broad SMARTS) is 1. The third kappa shape index (κ3) is 4.12. The average molecular weight is 317 g/mol. The number of rotatable bonds is 3. The average Bonchev–Trinajstić information content (AvgIpc) is 2.44. The van der Waals surface area contributed by atoms with E-state index < -0.39 is 17.7 Å². The van der Waals surface area contributed by atoms with E-state index in [4.69, 9.17) is 9.47 Å². The summed E-state index contributed by atoms with van der Waals surface area (Å²) >= 11 is 0. The zero-order chi connectivity index (χ0) is 17.2. The molecule has 2 aromatic carbocycles. The molecule has 6 nitrogen and oxygen atoms in total. The SMILES string of the molecule is COc1ccc2cc(C(=O)O)cc(NC(=O)OC(C)(C)C)c2c1. The van der Waals surface area contributed by atoms with Gasteiger partial charge in [0.05, 0.1) is 18.4 Å². The summed E-state index contributed by atoms with van der Waals surface area (Å²) in [6, 6.07) is 8.13. The van der Waals surface area contributed by atoms with Crippen LogP contribution in [0, 0.1) is 0 Å². The smallest absolute Gasteiger partial charge is 0.412 e. The van der Waals surface area contributed by atoms with Gasteiger partial charge in [0, 0.05) is 5.39 Å². The zero-order valence-corrected chi connectivity index (χ0v) is 13.5. The van der Waals surface area contributed by atoms with Crippen LogP contribution in [-0.2, 0) is 4.74 Å². The molecule has 0 unspecified atom stereocenters. The minimum absolute atomic E-state index is 0.0775. The van der Waals surface area contributed by atoms with Crippen LogP contribution in [0.15, 0.2) is 30.3 Å². The summed E-state index contributed by atoms with van der Waals surface area (Å²) in [4.78, 5) is 23.3. The van der Waals surface area contributed by atoms with Crippen LogP contribution < -0.4 is 10.1 Å². The van der Waals surface area contributed by atoms with Crippen LogP contribution in [0.1, 0.15) is 31.1 Å². The molecule has 0 saturated carbocycles. The van der Waals surface area contributed by atoms with Gasteiger partial charge in [-0.25, -0.2) is 9.59 Å². The number of aromatic carboxylic acids is 1. The van der Waals surface area contributed by atoms with E-state index in [9.17, 15) is 14.7 Å². The second kappa shape index (κ2) is 6.16. The Kier molecular flexibility index (Phi) is 4.45. The molecule has 0 aromatic heterocycles. The summed E-state index contributed by atoms with van der Waals surface area (Å²) in [5.74, 6) is -0.470. The predicted molar refractivity (Wildman–Crippen MR) is 87.3 cm³/mol. The van der Waals surface area contributed by atoms with Crippen LogP contribution >= 0.6 is 0 Å². The first-order chi connectivity index (χ1) is 10.7. The lowest BCUT2D eigenvalue weighted by Crippen LogP contribution is -2.27. The first-order valence-corrected chi connectivity index (χ1v) is 7.05. The first-order valence-electron chi connectivity index (χ1n) is 7.05. The Bertz CT molecular complexity index is 761. The lowest BCUT2D eigenvalue weighted by Gasteiger charge is -2.20. The van der Waals surface area contributed by atoms with Gasteiger partial charge in [0.2, 0.25) is 0 Å². The molecule has 122 valence electrons. The number of amides is 1. The van der Waals surface area contributed by atoms with E-state index in [-0.39, 0.29) is 5.56 Å². The van der Waals surface area contributed by atoms with Crippen molar-refractivity contribution < 1.29 is 24.2 Å². The molecule has 0 aliphatic heterocycles. The summed E-state index contributed by atoms with van der Waals surface area (Å²) in [7, 11) is 1.54. The van der Waals surface area contributed by atoms with Gasteiger partial charge in [-0.1, -0.05) is 6.07 Å². The van der Waals surface area contributed by atoms with Crippen molar-refractivity contribution in [2.24, 2.45) is 0 Å². The maximum absolute atomic E-state index is 12.0. The molecule has 0 spiro atoms. The van der Waals surface area contributed by atoms with Gasteiger partial charge in [-0.3, -0.25) is 5.32 Å². The molecular formula is C17H19NO5. The van der Waals surface area contributed by atoms with Crippen LogP contribution in [0.5, 0.6) is 5.75 Å². The highest BCUT2D eigenvalue weighted by Crippen LogP contribution is 2.29. The molecule has 0 radical (unpaired) electrons. The molecule has 0 saturated heterocycles. The van der Waals surface area contributed by atoms with Crippen molar-refractivity contribution >= 4 is 28.5 Å². The van der Waals surface area contributed by atoms with Crippen molar-refractivity contribution in [2.45, 2.75) is 26.4 Å². The van der Waals surface area contributed by atoms with Crippen molar-refractivity contribution in [3.8, 4) is 5.75 Å². The van der Waals surface area contributed by atoms with Gasteiger partial charge in [0.1, 0.15) is 11.4 Å². The maximum atomic E-state index is 12.0. The van der Waals surface area contributed by atoms with Gasteiger partial charge < -0.3 is 14.6 Å². The molecular weight excluding hydrogens is 298 g/mol. The summed E-state index contributed by atoms with van der Waals surface area (Å²) in [6.45, 7) is 5.25. The van der Waals surface area contributed by atoms with E-state index in [1.54, 1.807) is 39.0 Å². The highest BCUT2D eigenvalue weighted by molar-refractivity contribution is 6.05. The highest BCUT2D eigenvalue weighted by atomic mass is 16.6. The van der Waals surface area contributed by atoms with Crippen molar-refractivity contribution in [2.75, 3.05) is 12.4 Å². The Balaban J connectivity index is 2.50. The molecule has 0 heterocycles. The molecule has 0 atom stereocenters. The number of benzene rings is 2. The minimum atomic E-state index is -1.07. The van der Waals surface area contributed by atoms with Gasteiger partial charge >= 0.3 is 12.1 Å². The number of carbonyl (C=O) groups excluding carboxylic acids is 1. The van der Waals surface area contributed by atoms with Gasteiger partial charge in [-0.2, -0.15) is 0 Å². The van der Waals surface area contributed by atoms with Gasteiger partial charge in [0.15, 0.2) is 0 Å². The first kappa shape index (κ1) is 16.6. The third-order valence-electron chi connectivity index (χ3n) is 3.04. The number of hydrogen-bond donors (Lipinski definition) is 2. The minimum Gasteiger partial charge on any atom is -0.497 e. The van der Waals surface area contributed by atoms with E-state index in [0.717, 1.165) is 0 Å². The summed E-state index contributed by atoms with van der Waals surface area (Å²) in [5.41, 5.74) is -0.219. The summed E-state index contributed by atoms with van der Waals surface area (Å²) in [5, 5.41) is 13.2. The zero-order valence-electron chi connectivity index (χ0n) is 13.5. The fourth-order valence-electron chi connectivity index (χ4n) is 2.10. The number of carboxylic acids is 1. The second-order valence-corrected chi connectivity index (χ2v) is 6.04. The number of fused-ring (bicyclic) bond motifs is 1. The standard InChI is InChI=1S/C17H19NO5/c1-17(2,3)23-16(21)18-14-8-11(15(19)20)7-10-5-6-12(22-4)9-13(10)14/h5-9H,1-4H3,(H,18,21)(H,19,20). The number of nitrogens with one attached hydrogen (secondary N) is 1. The quantitative estimate of drug-likeness (QED) is 0.897. The highest BCUT2D eigenvalue weighted by Gasteiger charge is 2.18. The Labute approximate surface area is 134 Å². The lowest BCUT2D eigenvalue weighted by molar-refractivity contribution is 0.0633. The molecule has 0 aliphatic rings. The fraction of sp³-hybridized carbons (Fsp3) is 0.294. The van der Waals surface area contributed by atoms with E-state index >= 15 is 0 Å².